The summed E-state index contributed by atoms with van der Waals surface area (Å²) in [5.74, 6) is -1.42. The van der Waals surface area contributed by atoms with Gasteiger partial charge in [0, 0.05) is 16.1 Å². The minimum absolute atomic E-state index is 0.568. The molecule has 0 amide bonds. The first-order valence-corrected chi connectivity index (χ1v) is 2.51. The van der Waals surface area contributed by atoms with E-state index in [-0.39, 0.29) is 0 Å². The summed E-state index contributed by atoms with van der Waals surface area (Å²) >= 11 is 0. The van der Waals surface area contributed by atoms with E-state index >= 15 is 0 Å². The van der Waals surface area contributed by atoms with Gasteiger partial charge >= 0.3 is 0 Å². The Morgan fingerprint density at radius 2 is 2.27 bits per heavy atom. The molecule has 0 atom stereocenters. The van der Waals surface area contributed by atoms with Gasteiger partial charge in [-0.1, -0.05) is 13.2 Å². The molecule has 0 spiro atoms. The van der Waals surface area contributed by atoms with Crippen LogP contribution in [0.4, 0.5) is 0 Å². The zero-order valence-corrected chi connectivity index (χ0v) is 5.63. The van der Waals surface area contributed by atoms with Gasteiger partial charge in [0.1, 0.15) is 0 Å². The van der Waals surface area contributed by atoms with Gasteiger partial charge < -0.3 is 17.2 Å². The Bertz CT molecular complexity index is 419. The van der Waals surface area contributed by atoms with Gasteiger partial charge in [0.25, 0.3) is 0 Å². The van der Waals surface area contributed by atoms with Crippen LogP contribution in [0, 0.1) is 0 Å². The SMILES string of the molecule is [2H]C([2H])([2H])C([2H])([2H])C([2H])([2H])C([2H])([2H])N=C(N)N=C(N)N. The Morgan fingerprint density at radius 1 is 1.55 bits per heavy atom. The molecule has 0 aliphatic carbocycles. The molecule has 6 N–H and O–H groups in total. The van der Waals surface area contributed by atoms with E-state index in [9.17, 15) is 0 Å². The maximum atomic E-state index is 7.45. The topological polar surface area (TPSA) is 103 Å². The van der Waals surface area contributed by atoms with Crippen molar-refractivity contribution >= 4 is 11.9 Å². The van der Waals surface area contributed by atoms with Crippen molar-refractivity contribution in [1.82, 2.24) is 0 Å². The van der Waals surface area contributed by atoms with Crippen molar-refractivity contribution in [3.8, 4) is 0 Å². The predicted molar refractivity (Wildman–Crippen MR) is 47.2 cm³/mol. The van der Waals surface area contributed by atoms with Crippen LogP contribution in [0.3, 0.4) is 0 Å². The Labute approximate surface area is 79.0 Å². The number of nitrogens with zero attached hydrogens (tertiary/aromatic N) is 2. The summed E-state index contributed by atoms with van der Waals surface area (Å²) < 4.78 is 65.3. The van der Waals surface area contributed by atoms with E-state index in [0.717, 1.165) is 0 Å². The number of rotatable bonds is 3. The van der Waals surface area contributed by atoms with Crippen molar-refractivity contribution in [2.45, 2.75) is 19.6 Å². The van der Waals surface area contributed by atoms with Gasteiger partial charge in [0.15, 0.2) is 5.96 Å². The fraction of sp³-hybridized carbons (Fsp3) is 0.667. The van der Waals surface area contributed by atoms with E-state index in [1.54, 1.807) is 0 Å². The molecule has 0 fully saturated rings. The minimum atomic E-state index is -3.52. The summed E-state index contributed by atoms with van der Waals surface area (Å²) in [6.45, 7) is -6.72. The zero-order chi connectivity index (χ0) is 16.6. The Balaban J connectivity index is 5.76. The highest BCUT2D eigenvalue weighted by atomic mass is 15.1. The molecule has 64 valence electrons. The van der Waals surface area contributed by atoms with Crippen LogP contribution >= 0.6 is 0 Å². The molecule has 0 rings (SSSR count). The van der Waals surface area contributed by atoms with Crippen LogP contribution in [0.25, 0.3) is 0 Å². The molecule has 0 unspecified atom stereocenters. The molecule has 0 saturated heterocycles. The smallest absolute Gasteiger partial charge is 0.218 e. The van der Waals surface area contributed by atoms with E-state index in [0.29, 0.717) is 0 Å². The van der Waals surface area contributed by atoms with Crippen molar-refractivity contribution in [3.63, 3.8) is 0 Å². The van der Waals surface area contributed by atoms with Gasteiger partial charge in [0.2, 0.25) is 5.96 Å². The van der Waals surface area contributed by atoms with Gasteiger partial charge in [-0.05, 0) is 6.37 Å². The van der Waals surface area contributed by atoms with Crippen molar-refractivity contribution in [2.75, 3.05) is 6.50 Å². The van der Waals surface area contributed by atoms with E-state index in [1.807, 2.05) is 0 Å². The standard InChI is InChI=1S/C6H15N5/c1-2-3-4-10-6(9)11-5(7)8/h2-4H2,1H3,(H6,7,8,9,10,11)/i1D3,2D2,3D2,4D2. The maximum Gasteiger partial charge on any atom is 0.218 e. The summed E-state index contributed by atoms with van der Waals surface area (Å²) in [7, 11) is 0. The van der Waals surface area contributed by atoms with Gasteiger partial charge in [-0.15, -0.1) is 0 Å². The molecular formula is C6H15N5. The molecule has 0 aliphatic heterocycles. The van der Waals surface area contributed by atoms with E-state index in [1.165, 1.54) is 0 Å². The zero-order valence-electron chi connectivity index (χ0n) is 14.6. The molecule has 0 aromatic carbocycles. The van der Waals surface area contributed by atoms with E-state index in [2.05, 4.69) is 9.98 Å². The van der Waals surface area contributed by atoms with Crippen molar-refractivity contribution in [2.24, 2.45) is 27.2 Å². The molecule has 0 heterocycles. The number of hydrogen-bond donors (Lipinski definition) is 3. The molecule has 0 aliphatic rings. The summed E-state index contributed by atoms with van der Waals surface area (Å²) in [5, 5.41) is 0. The Hall–Kier alpha value is -1.26. The summed E-state index contributed by atoms with van der Waals surface area (Å²) in [5.41, 5.74) is 15.1. The molecule has 11 heavy (non-hydrogen) atoms. The Morgan fingerprint density at radius 3 is 2.82 bits per heavy atom. The van der Waals surface area contributed by atoms with Crippen LogP contribution in [-0.4, -0.2) is 18.4 Å². The maximum absolute atomic E-state index is 7.45. The Kier molecular flexibility index (Phi) is 1.19. The predicted octanol–water partition coefficient (Wildman–Crippen LogP) is -0.625. The first-order chi connectivity index (χ1) is 8.56. The van der Waals surface area contributed by atoms with Crippen LogP contribution in [0.5, 0.6) is 0 Å². The van der Waals surface area contributed by atoms with E-state index in [4.69, 9.17) is 29.5 Å². The van der Waals surface area contributed by atoms with Crippen LogP contribution in [0.1, 0.15) is 31.9 Å². The molecule has 5 nitrogen and oxygen atoms in total. The van der Waals surface area contributed by atoms with Crippen molar-refractivity contribution < 1.29 is 12.3 Å². The van der Waals surface area contributed by atoms with Crippen LogP contribution in [0.2, 0.25) is 0 Å². The van der Waals surface area contributed by atoms with Crippen molar-refractivity contribution in [1.29, 1.82) is 0 Å². The fourth-order valence-corrected chi connectivity index (χ4v) is 0.270. The molecule has 0 saturated carbocycles. The highest BCUT2D eigenvalue weighted by molar-refractivity contribution is 5.92. The lowest BCUT2D eigenvalue weighted by Crippen LogP contribution is -2.26. The van der Waals surface area contributed by atoms with Crippen LogP contribution < -0.4 is 17.2 Å². The summed E-state index contributed by atoms with van der Waals surface area (Å²) in [6, 6.07) is 0. The largest absolute Gasteiger partial charge is 0.370 e. The second kappa shape index (κ2) is 5.52. The van der Waals surface area contributed by atoms with Gasteiger partial charge in [-0.25, -0.2) is 0 Å². The minimum Gasteiger partial charge on any atom is -0.370 e. The number of nitrogens with two attached hydrogens (primary N) is 3. The highest BCUT2D eigenvalue weighted by Crippen LogP contribution is 1.86. The highest BCUT2D eigenvalue weighted by Gasteiger charge is 1.86. The fourth-order valence-electron chi connectivity index (χ4n) is 0.270. The van der Waals surface area contributed by atoms with Crippen LogP contribution in [-0.2, 0) is 0 Å². The lowest BCUT2D eigenvalue weighted by atomic mass is 10.3. The number of guanidine groups is 2. The normalized spacial score (nSPS) is 28.4. The van der Waals surface area contributed by atoms with Gasteiger partial charge in [-0.3, -0.25) is 4.99 Å². The molecule has 0 aromatic rings. The second-order valence-corrected chi connectivity index (χ2v) is 1.37. The number of hydrogen-bond acceptors (Lipinski definition) is 1. The van der Waals surface area contributed by atoms with Gasteiger partial charge in [-0.2, -0.15) is 4.99 Å². The second-order valence-electron chi connectivity index (χ2n) is 1.37. The van der Waals surface area contributed by atoms with Crippen LogP contribution in [0.15, 0.2) is 9.98 Å². The lowest BCUT2D eigenvalue weighted by molar-refractivity contribution is 0.806. The first-order valence-electron chi connectivity index (χ1n) is 7.01. The molecule has 0 bridgehead atoms. The molecule has 5 heteroatoms. The summed E-state index contributed by atoms with van der Waals surface area (Å²) in [6.07, 6.45) is -7.04. The van der Waals surface area contributed by atoms with Crippen molar-refractivity contribution in [3.05, 3.63) is 0 Å². The summed E-state index contributed by atoms with van der Waals surface area (Å²) in [4.78, 5) is 6.17. The average Bonchev–Trinajstić information content (AvgIpc) is 2.12. The lowest BCUT2D eigenvalue weighted by Gasteiger charge is -1.93. The monoisotopic (exact) mass is 166 g/mol. The quantitative estimate of drug-likeness (QED) is 0.384. The average molecular weight is 166 g/mol. The van der Waals surface area contributed by atoms with E-state index < -0.39 is 38.0 Å². The molecule has 0 aromatic heterocycles. The van der Waals surface area contributed by atoms with Gasteiger partial charge in [0.05, 0.1) is 2.74 Å². The third kappa shape index (κ3) is 6.63. The first kappa shape index (κ1) is 2.36. The third-order valence-corrected chi connectivity index (χ3v) is 0.533. The third-order valence-electron chi connectivity index (χ3n) is 0.533. The number of aliphatic imine (C=N–C) groups is 2. The molecular weight excluding hydrogens is 142 g/mol. The molecule has 0 radical (unpaired) electrons.